The smallest absolute Gasteiger partial charge is 0.142 e. The summed E-state index contributed by atoms with van der Waals surface area (Å²) in [6.45, 7) is 14.6. The van der Waals surface area contributed by atoms with E-state index in [1.807, 2.05) is 45.7 Å². The fraction of sp³-hybridized carbons (Fsp3) is 0.357. The molecule has 1 saturated heterocycles. The molecule has 3 aromatic rings. The maximum absolute atomic E-state index is 8.00. The van der Waals surface area contributed by atoms with E-state index in [0.29, 0.717) is 12.1 Å². The fourth-order valence-electron chi connectivity index (χ4n) is 3.93. The van der Waals surface area contributed by atoms with Crippen molar-refractivity contribution in [2.75, 3.05) is 37.5 Å². The molecule has 1 aromatic heterocycles. The van der Waals surface area contributed by atoms with Gasteiger partial charge in [0.25, 0.3) is 0 Å². The summed E-state index contributed by atoms with van der Waals surface area (Å²) < 4.78 is 10.8. The highest BCUT2D eigenvalue weighted by molar-refractivity contribution is 5.65. The van der Waals surface area contributed by atoms with E-state index >= 15 is 0 Å². The van der Waals surface area contributed by atoms with Crippen LogP contribution in [0.1, 0.15) is 25.2 Å². The van der Waals surface area contributed by atoms with E-state index in [2.05, 4.69) is 72.7 Å². The van der Waals surface area contributed by atoms with Crippen molar-refractivity contribution in [1.82, 2.24) is 5.32 Å². The second kappa shape index (κ2) is 15.3. The third-order valence-electron chi connectivity index (χ3n) is 5.45. The zero-order valence-corrected chi connectivity index (χ0v) is 21.8. The Labute approximate surface area is 209 Å². The van der Waals surface area contributed by atoms with E-state index < -0.39 is 0 Å². The number of aryl methyl sites for hydroxylation is 2. The van der Waals surface area contributed by atoms with Crippen LogP contribution in [0.4, 0.5) is 11.4 Å². The zero-order valence-electron chi connectivity index (χ0n) is 21.8. The predicted molar refractivity (Wildman–Crippen MR) is 145 cm³/mol. The molecule has 2 unspecified atom stereocenters. The lowest BCUT2D eigenvalue weighted by atomic mass is 10.1. The molecule has 2 atom stereocenters. The third kappa shape index (κ3) is 8.94. The highest BCUT2D eigenvalue weighted by Crippen LogP contribution is 2.30. The minimum atomic E-state index is 0.522. The van der Waals surface area contributed by atoms with E-state index in [0.717, 1.165) is 41.6 Å². The predicted octanol–water partition coefficient (Wildman–Crippen LogP) is 5.12. The standard InChI is InChI=1S/C14H23N3O.C12H12O.2CH2O/c1-10-8-17(9-11(2)16-10)12-5-6-14(18-4)13(7-12)15-3;1-9-3-6-11(7-4-9)12-8-5-10(2)13-12;2*1-2/h5-7,10-11,15-16H,8-9H2,1-4H3;3-8H,1-2H3;2*1H2. The molecule has 1 aliphatic rings. The number of carbonyl (C=O) groups excluding carboxylic acids is 2. The number of methoxy groups -OCH3 is 1. The number of hydrogen-bond donors (Lipinski definition) is 2. The van der Waals surface area contributed by atoms with Crippen molar-refractivity contribution in [3.63, 3.8) is 0 Å². The molecule has 2 N–H and O–H groups in total. The SMILES string of the molecule is C=O.C=O.CNc1cc(N2CC(C)NC(C)C2)ccc1OC.Cc1ccc(-c2ccc(C)o2)cc1. The average Bonchev–Trinajstić information content (AvgIpc) is 3.32. The van der Waals surface area contributed by atoms with Gasteiger partial charge in [0.05, 0.1) is 12.8 Å². The Morgan fingerprint density at radius 1 is 0.943 bits per heavy atom. The molecule has 0 aliphatic carbocycles. The summed E-state index contributed by atoms with van der Waals surface area (Å²) in [4.78, 5) is 18.4. The lowest BCUT2D eigenvalue weighted by Gasteiger charge is -2.37. The Balaban J connectivity index is 0.000000318. The maximum Gasteiger partial charge on any atom is 0.142 e. The molecule has 1 fully saturated rings. The van der Waals surface area contributed by atoms with Crippen molar-refractivity contribution in [3.8, 4) is 17.1 Å². The molecule has 35 heavy (non-hydrogen) atoms. The van der Waals surface area contributed by atoms with Gasteiger partial charge in [-0.05, 0) is 58.0 Å². The first-order valence-electron chi connectivity index (χ1n) is 11.5. The van der Waals surface area contributed by atoms with Crippen molar-refractivity contribution in [1.29, 1.82) is 0 Å². The molecule has 0 saturated carbocycles. The molecule has 190 valence electrons. The van der Waals surface area contributed by atoms with Crippen molar-refractivity contribution < 1.29 is 18.7 Å². The molecule has 7 heteroatoms. The zero-order chi connectivity index (χ0) is 26.4. The minimum Gasteiger partial charge on any atom is -0.495 e. The van der Waals surface area contributed by atoms with E-state index in [-0.39, 0.29) is 0 Å². The largest absolute Gasteiger partial charge is 0.495 e. The van der Waals surface area contributed by atoms with Crippen molar-refractivity contribution in [3.05, 3.63) is 65.9 Å². The number of rotatable bonds is 4. The van der Waals surface area contributed by atoms with Gasteiger partial charge >= 0.3 is 0 Å². The highest BCUT2D eigenvalue weighted by atomic mass is 16.5. The average molecular weight is 482 g/mol. The van der Waals surface area contributed by atoms with Gasteiger partial charge in [-0.15, -0.1) is 0 Å². The van der Waals surface area contributed by atoms with Gasteiger partial charge in [-0.2, -0.15) is 0 Å². The van der Waals surface area contributed by atoms with E-state index in [1.54, 1.807) is 7.11 Å². The quantitative estimate of drug-likeness (QED) is 0.535. The van der Waals surface area contributed by atoms with Gasteiger partial charge in [-0.3, -0.25) is 0 Å². The number of hydrogen-bond acceptors (Lipinski definition) is 7. The van der Waals surface area contributed by atoms with Gasteiger partial charge in [-0.1, -0.05) is 29.8 Å². The number of carbonyl (C=O) groups is 2. The van der Waals surface area contributed by atoms with Crippen LogP contribution in [0.3, 0.4) is 0 Å². The monoisotopic (exact) mass is 481 g/mol. The summed E-state index contributed by atoms with van der Waals surface area (Å²) in [6, 6.07) is 19.7. The van der Waals surface area contributed by atoms with Crippen LogP contribution in [0.25, 0.3) is 11.3 Å². The number of nitrogens with zero attached hydrogens (tertiary/aromatic N) is 1. The summed E-state index contributed by atoms with van der Waals surface area (Å²) >= 11 is 0. The summed E-state index contributed by atoms with van der Waals surface area (Å²) in [5.74, 6) is 2.78. The highest BCUT2D eigenvalue weighted by Gasteiger charge is 2.21. The summed E-state index contributed by atoms with van der Waals surface area (Å²) in [5, 5.41) is 6.73. The third-order valence-corrected chi connectivity index (χ3v) is 5.45. The molecule has 4 rings (SSSR count). The summed E-state index contributed by atoms with van der Waals surface area (Å²) in [7, 11) is 3.62. The van der Waals surface area contributed by atoms with Gasteiger partial charge in [0, 0.05) is 43.5 Å². The van der Waals surface area contributed by atoms with Crippen molar-refractivity contribution >= 4 is 25.0 Å². The van der Waals surface area contributed by atoms with E-state index in [9.17, 15) is 0 Å². The number of piperazine rings is 1. The lowest BCUT2D eigenvalue weighted by Crippen LogP contribution is -2.54. The molecule has 0 radical (unpaired) electrons. The summed E-state index contributed by atoms with van der Waals surface area (Å²) in [5.41, 5.74) is 4.69. The number of benzene rings is 2. The second-order valence-corrected chi connectivity index (χ2v) is 8.28. The van der Waals surface area contributed by atoms with E-state index in [4.69, 9.17) is 18.7 Å². The Morgan fingerprint density at radius 2 is 1.54 bits per heavy atom. The first-order chi connectivity index (χ1) is 16.9. The van der Waals surface area contributed by atoms with Gasteiger partial charge in [0.1, 0.15) is 30.8 Å². The number of furan rings is 1. The van der Waals surface area contributed by atoms with Crippen molar-refractivity contribution in [2.45, 2.75) is 39.8 Å². The van der Waals surface area contributed by atoms with Crippen LogP contribution in [0.2, 0.25) is 0 Å². The Hall–Kier alpha value is -3.58. The van der Waals surface area contributed by atoms with Crippen molar-refractivity contribution in [2.24, 2.45) is 0 Å². The molecule has 0 bridgehead atoms. The molecule has 1 aliphatic heterocycles. The topological polar surface area (TPSA) is 83.8 Å². The van der Waals surface area contributed by atoms with Crippen LogP contribution >= 0.6 is 0 Å². The molecule has 2 heterocycles. The number of ether oxygens (including phenoxy) is 1. The van der Waals surface area contributed by atoms with Crippen LogP contribution in [0.15, 0.2) is 59.0 Å². The Kier molecular flexibility index (Phi) is 12.9. The molecule has 7 nitrogen and oxygen atoms in total. The van der Waals surface area contributed by atoms with Gasteiger partial charge in [0.2, 0.25) is 0 Å². The molecule has 2 aromatic carbocycles. The van der Waals surface area contributed by atoms with Gasteiger partial charge < -0.3 is 34.3 Å². The van der Waals surface area contributed by atoms with Crippen LogP contribution in [-0.4, -0.2) is 52.9 Å². The first-order valence-corrected chi connectivity index (χ1v) is 11.5. The fourth-order valence-corrected chi connectivity index (χ4v) is 3.93. The van der Waals surface area contributed by atoms with Crippen LogP contribution in [-0.2, 0) is 9.59 Å². The Bertz CT molecular complexity index is 992. The van der Waals surface area contributed by atoms with Gasteiger partial charge in [-0.25, -0.2) is 0 Å². The first kappa shape index (κ1) is 29.5. The van der Waals surface area contributed by atoms with Crippen LogP contribution in [0.5, 0.6) is 5.75 Å². The number of nitrogens with one attached hydrogen (secondary N) is 2. The normalized spacial score (nSPS) is 16.3. The summed E-state index contributed by atoms with van der Waals surface area (Å²) in [6.07, 6.45) is 0. The molecule has 0 spiro atoms. The lowest BCUT2D eigenvalue weighted by molar-refractivity contribution is -0.0987. The van der Waals surface area contributed by atoms with E-state index in [1.165, 1.54) is 11.3 Å². The minimum absolute atomic E-state index is 0.522. The second-order valence-electron chi connectivity index (χ2n) is 8.28. The number of anilines is 2. The maximum atomic E-state index is 8.00. The molecule has 0 amide bonds. The van der Waals surface area contributed by atoms with Crippen LogP contribution in [0, 0.1) is 13.8 Å². The molecular formula is C28H39N3O4. The van der Waals surface area contributed by atoms with Crippen LogP contribution < -0.4 is 20.3 Å². The van der Waals surface area contributed by atoms with Gasteiger partial charge in [0.15, 0.2) is 0 Å². The Morgan fingerprint density at radius 3 is 2.03 bits per heavy atom. The molecular weight excluding hydrogens is 442 g/mol.